The fourth-order valence-corrected chi connectivity index (χ4v) is 7.88. The van der Waals surface area contributed by atoms with Crippen molar-refractivity contribution in [1.82, 2.24) is 24.6 Å². The van der Waals surface area contributed by atoms with Crippen LogP contribution in [0.1, 0.15) is 123 Å². The molecule has 1 fully saturated rings. The number of nitrogens with one attached hydrogen (secondary N) is 1. The molecule has 15 heteroatoms. The van der Waals surface area contributed by atoms with Crippen LogP contribution in [0.2, 0.25) is 0 Å². The van der Waals surface area contributed by atoms with Gasteiger partial charge < -0.3 is 24.8 Å². The lowest BCUT2D eigenvalue weighted by atomic mass is 9.99. The van der Waals surface area contributed by atoms with Crippen LogP contribution in [0.4, 0.5) is 10.2 Å². The second-order valence-corrected chi connectivity index (χ2v) is 15.5. The average molecular weight is 759 g/mol. The Morgan fingerprint density at radius 2 is 1.72 bits per heavy atom. The quantitative estimate of drug-likeness (QED) is 0.0267. The fraction of sp³-hybridized carbons (Fsp3) is 0.632. The zero-order valence-corrected chi connectivity index (χ0v) is 32.1. The van der Waals surface area contributed by atoms with Gasteiger partial charge in [-0.1, -0.05) is 102 Å². The Hall–Kier alpha value is -3.60. The number of nitrogens with two attached hydrogens (primary N) is 1. The topological polar surface area (TPSA) is 173 Å². The summed E-state index contributed by atoms with van der Waals surface area (Å²) >= 11 is 0. The molecule has 0 saturated carbocycles. The van der Waals surface area contributed by atoms with Crippen LogP contribution in [0, 0.1) is 18.4 Å². The number of carbonyl (C=O) groups excluding carboxylic acids is 1. The van der Waals surface area contributed by atoms with Gasteiger partial charge in [-0.25, -0.2) is 9.55 Å². The van der Waals surface area contributed by atoms with Crippen LogP contribution in [0.25, 0.3) is 11.2 Å². The number of halogens is 1. The van der Waals surface area contributed by atoms with Gasteiger partial charge in [0.15, 0.2) is 22.6 Å². The van der Waals surface area contributed by atoms with E-state index in [1.54, 1.807) is 30.3 Å². The number of carbonyl (C=O) groups is 1. The van der Waals surface area contributed by atoms with Crippen molar-refractivity contribution in [2.45, 2.75) is 147 Å². The number of imidazole rings is 1. The van der Waals surface area contributed by atoms with Crippen molar-refractivity contribution in [2.24, 2.45) is 0 Å². The number of aliphatic hydroxyl groups excluding tert-OH is 1. The first kappa shape index (κ1) is 42.1. The van der Waals surface area contributed by atoms with Gasteiger partial charge in [0.05, 0.1) is 6.33 Å². The number of terminal acetylenes is 1. The number of hydrogen-bond donors (Lipinski definition) is 3. The molecule has 0 aliphatic carbocycles. The zero-order valence-electron chi connectivity index (χ0n) is 31.3. The molecule has 1 saturated heterocycles. The number of fused-ring (bicyclic) bond motifs is 1. The third-order valence-electron chi connectivity index (χ3n) is 9.45. The van der Waals surface area contributed by atoms with Crippen LogP contribution < -0.4 is 15.3 Å². The van der Waals surface area contributed by atoms with E-state index < -0.39 is 50.4 Å². The molecule has 0 spiro atoms. The first-order chi connectivity index (χ1) is 25.5. The van der Waals surface area contributed by atoms with Crippen LogP contribution in [-0.2, 0) is 23.4 Å². The molecule has 1 aliphatic heterocycles. The molecule has 292 valence electrons. The maximum Gasteiger partial charge on any atom is 0.459 e. The van der Waals surface area contributed by atoms with Crippen molar-refractivity contribution in [3.05, 3.63) is 42.7 Å². The van der Waals surface area contributed by atoms with E-state index in [1.165, 1.54) is 56.3 Å². The van der Waals surface area contributed by atoms with Gasteiger partial charge in [0.25, 0.3) is 0 Å². The third kappa shape index (κ3) is 12.2. The molecule has 1 aromatic carbocycles. The second kappa shape index (κ2) is 20.7. The predicted octanol–water partition coefficient (Wildman–Crippen LogP) is 7.79. The number of unbranched alkanes of at least 4 members (excludes halogenated alkanes) is 10. The summed E-state index contributed by atoms with van der Waals surface area (Å²) in [5.41, 5.74) is 4.18. The Morgan fingerprint density at radius 3 is 2.34 bits per heavy atom. The normalized spacial score (nSPS) is 20.3. The maximum absolute atomic E-state index is 14.4. The number of anilines is 1. The minimum absolute atomic E-state index is 0.0410. The van der Waals surface area contributed by atoms with E-state index >= 15 is 0 Å². The van der Waals surface area contributed by atoms with Gasteiger partial charge in [0.1, 0.15) is 36.8 Å². The molecule has 3 aromatic rings. The molecular weight excluding hydrogens is 702 g/mol. The van der Waals surface area contributed by atoms with E-state index in [9.17, 15) is 18.9 Å². The van der Waals surface area contributed by atoms with E-state index in [2.05, 4.69) is 39.8 Å². The van der Waals surface area contributed by atoms with Gasteiger partial charge in [-0.15, -0.1) is 6.42 Å². The number of hydrogen-bond acceptors (Lipinski definition) is 11. The molecule has 2 aromatic heterocycles. The minimum Gasteiger partial charge on any atom is -0.461 e. The van der Waals surface area contributed by atoms with E-state index in [-0.39, 0.29) is 35.3 Å². The summed E-state index contributed by atoms with van der Waals surface area (Å²) in [6, 6.07) is 7.23. The molecule has 0 unspecified atom stereocenters. The van der Waals surface area contributed by atoms with Gasteiger partial charge in [0.2, 0.25) is 0 Å². The molecule has 0 amide bonds. The summed E-state index contributed by atoms with van der Waals surface area (Å²) in [6.07, 6.45) is 18.6. The molecule has 53 heavy (non-hydrogen) atoms. The molecule has 4 rings (SSSR count). The Bertz CT molecular complexity index is 1660. The standard InChI is InChI=1S/C38H56FN6O7P/c1-5-8-10-12-14-17-21-29(22-18-15-13-11-9-6-2)50-36(47)28(4)44-53(48,52-30-23-19-16-20-24-30)49-26-38(7-3)31(46)25-32(51-38)45-27-41-33-34(40)42-37(39)43-35(33)45/h3,16,19-20,23-24,27-29,31-32,46H,5-6,8-15,17-18,21-22,25-26H2,1-2,4H3,(H,44,48)(H2,40,42,43)/t28-,31-,32+,38+,53+/m0/s1. The minimum atomic E-state index is -4.38. The molecule has 5 atom stereocenters. The first-order valence-electron chi connectivity index (χ1n) is 19.0. The second-order valence-electron chi connectivity index (χ2n) is 13.8. The van der Waals surface area contributed by atoms with Crippen LogP contribution >= 0.6 is 7.75 Å². The number of rotatable bonds is 24. The fourth-order valence-electron chi connectivity index (χ4n) is 6.36. The Balaban J connectivity index is 1.45. The van der Waals surface area contributed by atoms with Crippen molar-refractivity contribution in [2.75, 3.05) is 12.3 Å². The molecule has 3 heterocycles. The summed E-state index contributed by atoms with van der Waals surface area (Å²) in [4.78, 5) is 24.9. The molecule has 4 N–H and O–H groups in total. The summed E-state index contributed by atoms with van der Waals surface area (Å²) in [5.74, 6) is 1.90. The summed E-state index contributed by atoms with van der Waals surface area (Å²) in [7, 11) is -4.38. The SMILES string of the molecule is C#C[C@]1(CO[P@](=O)(N[C@@H](C)C(=O)OC(CCCCCCCC)CCCCCCCC)Oc2ccccc2)O[C@@H](n2cnc3c(N)nc(F)nc32)C[C@@H]1O. The Morgan fingerprint density at radius 1 is 1.09 bits per heavy atom. The van der Waals surface area contributed by atoms with Crippen LogP contribution in [0.3, 0.4) is 0 Å². The van der Waals surface area contributed by atoms with Crippen LogP contribution in [0.5, 0.6) is 5.75 Å². The molecule has 0 radical (unpaired) electrons. The van der Waals surface area contributed by atoms with E-state index in [4.69, 9.17) is 30.7 Å². The highest BCUT2D eigenvalue weighted by Crippen LogP contribution is 2.48. The lowest BCUT2D eigenvalue weighted by Crippen LogP contribution is -2.44. The van der Waals surface area contributed by atoms with Crippen molar-refractivity contribution in [1.29, 1.82) is 0 Å². The van der Waals surface area contributed by atoms with Crippen molar-refractivity contribution in [3.8, 4) is 18.1 Å². The third-order valence-corrected chi connectivity index (χ3v) is 11.1. The molecule has 0 bridgehead atoms. The number of nitrogens with zero attached hydrogens (tertiary/aromatic N) is 4. The van der Waals surface area contributed by atoms with Crippen LogP contribution in [-0.4, -0.2) is 61.1 Å². The summed E-state index contributed by atoms with van der Waals surface area (Å²) in [5, 5.41) is 13.9. The number of ether oxygens (including phenoxy) is 2. The Kier molecular flexibility index (Phi) is 16.5. The summed E-state index contributed by atoms with van der Waals surface area (Å²) < 4.78 is 53.7. The van der Waals surface area contributed by atoms with Gasteiger partial charge in [-0.2, -0.15) is 19.4 Å². The number of aromatic nitrogens is 4. The van der Waals surface area contributed by atoms with Crippen LogP contribution in [0.15, 0.2) is 36.7 Å². The monoisotopic (exact) mass is 758 g/mol. The number of nitrogen functional groups attached to an aromatic ring is 1. The highest BCUT2D eigenvalue weighted by Gasteiger charge is 2.50. The highest BCUT2D eigenvalue weighted by molar-refractivity contribution is 7.52. The zero-order chi connectivity index (χ0) is 38.3. The smallest absolute Gasteiger partial charge is 0.459 e. The van der Waals surface area contributed by atoms with Gasteiger partial charge in [0, 0.05) is 6.42 Å². The lowest BCUT2D eigenvalue weighted by Gasteiger charge is -2.30. The molecule has 13 nitrogen and oxygen atoms in total. The van der Waals surface area contributed by atoms with Gasteiger partial charge in [-0.05, 0) is 44.7 Å². The Labute approximate surface area is 312 Å². The van der Waals surface area contributed by atoms with E-state index in [1.807, 2.05) is 0 Å². The maximum atomic E-state index is 14.4. The number of esters is 1. The number of benzene rings is 1. The van der Waals surface area contributed by atoms with Crippen molar-refractivity contribution >= 4 is 30.7 Å². The largest absolute Gasteiger partial charge is 0.461 e. The molecule has 1 aliphatic rings. The average Bonchev–Trinajstić information content (AvgIpc) is 3.71. The number of para-hydroxylation sites is 1. The van der Waals surface area contributed by atoms with Crippen molar-refractivity contribution < 1.29 is 37.4 Å². The van der Waals surface area contributed by atoms with Crippen molar-refractivity contribution in [3.63, 3.8) is 0 Å². The summed E-state index contributed by atoms with van der Waals surface area (Å²) in [6.45, 7) is 5.31. The first-order valence-corrected chi connectivity index (χ1v) is 20.5. The predicted molar refractivity (Wildman–Crippen MR) is 201 cm³/mol. The van der Waals surface area contributed by atoms with E-state index in [0.29, 0.717) is 0 Å². The molecular formula is C38H56FN6O7P. The van der Waals surface area contributed by atoms with Gasteiger partial charge in [-0.3, -0.25) is 13.9 Å². The van der Waals surface area contributed by atoms with Gasteiger partial charge >= 0.3 is 19.8 Å². The number of aliphatic hydroxyl groups is 1. The highest BCUT2D eigenvalue weighted by atomic mass is 31.2. The van der Waals surface area contributed by atoms with E-state index in [0.717, 1.165) is 51.4 Å². The lowest BCUT2D eigenvalue weighted by molar-refractivity contribution is -0.151.